The number of benzene rings is 2. The third-order valence-electron chi connectivity index (χ3n) is 6.09. The topological polar surface area (TPSA) is 77.1 Å². The average Bonchev–Trinajstić information content (AvgIpc) is 3.26. The zero-order chi connectivity index (χ0) is 22.7. The van der Waals surface area contributed by atoms with Crippen LogP contribution in [-0.2, 0) is 9.59 Å². The first kappa shape index (κ1) is 22.0. The van der Waals surface area contributed by atoms with E-state index in [0.717, 1.165) is 11.3 Å². The van der Waals surface area contributed by atoms with Crippen LogP contribution in [-0.4, -0.2) is 43.2 Å². The molecule has 1 fully saturated rings. The van der Waals surface area contributed by atoms with Crippen LogP contribution in [0.4, 0.5) is 5.69 Å². The summed E-state index contributed by atoms with van der Waals surface area (Å²) in [5.74, 6) is 2.26. The van der Waals surface area contributed by atoms with E-state index in [1.165, 1.54) is 5.56 Å². The molecule has 2 aliphatic rings. The molecule has 2 heterocycles. The van der Waals surface area contributed by atoms with Crippen molar-refractivity contribution in [1.29, 1.82) is 0 Å². The van der Waals surface area contributed by atoms with Gasteiger partial charge in [0, 0.05) is 30.8 Å². The Bertz CT molecular complexity index is 996. The fraction of sp³-hybridized carbons (Fsp3) is 0.440. The van der Waals surface area contributed by atoms with Crippen molar-refractivity contribution < 1.29 is 23.8 Å². The summed E-state index contributed by atoms with van der Waals surface area (Å²) in [5, 5.41) is 2.95. The Labute approximate surface area is 188 Å². The number of carbonyl (C=O) groups excluding carboxylic acids is 2. The molecule has 7 heteroatoms. The van der Waals surface area contributed by atoms with E-state index in [1.807, 2.05) is 19.1 Å². The number of hydrogen-bond donors (Lipinski definition) is 1. The lowest BCUT2D eigenvalue weighted by molar-refractivity contribution is -0.136. The Balaban J connectivity index is 1.25. The molecule has 2 aliphatic heterocycles. The van der Waals surface area contributed by atoms with Crippen LogP contribution < -0.4 is 19.5 Å². The predicted octanol–water partition coefficient (Wildman–Crippen LogP) is 4.10. The van der Waals surface area contributed by atoms with Crippen molar-refractivity contribution in [3.05, 3.63) is 47.5 Å². The lowest BCUT2D eigenvalue weighted by atomic mass is 9.95. The molecule has 7 nitrogen and oxygen atoms in total. The highest BCUT2D eigenvalue weighted by atomic mass is 16.7. The summed E-state index contributed by atoms with van der Waals surface area (Å²) in [6, 6.07) is 11.5. The van der Waals surface area contributed by atoms with Crippen LogP contribution in [0, 0.1) is 12.8 Å². The van der Waals surface area contributed by atoms with Gasteiger partial charge in [0.05, 0.1) is 0 Å². The first-order valence-corrected chi connectivity index (χ1v) is 11.1. The van der Waals surface area contributed by atoms with E-state index in [9.17, 15) is 9.59 Å². The molecule has 32 heavy (non-hydrogen) atoms. The quantitative estimate of drug-likeness (QED) is 0.735. The second kappa shape index (κ2) is 9.51. The second-order valence-electron chi connectivity index (χ2n) is 8.68. The van der Waals surface area contributed by atoms with Gasteiger partial charge in [0.2, 0.25) is 12.7 Å². The molecular formula is C25H30N2O5. The van der Waals surface area contributed by atoms with E-state index in [4.69, 9.17) is 14.2 Å². The Morgan fingerprint density at radius 2 is 1.84 bits per heavy atom. The minimum atomic E-state index is -0.129. The van der Waals surface area contributed by atoms with Gasteiger partial charge in [-0.15, -0.1) is 0 Å². The molecule has 170 valence electrons. The van der Waals surface area contributed by atoms with Gasteiger partial charge in [-0.1, -0.05) is 26.0 Å². The molecule has 1 saturated heterocycles. The van der Waals surface area contributed by atoms with Crippen molar-refractivity contribution in [3.8, 4) is 17.2 Å². The molecule has 0 radical (unpaired) electrons. The maximum Gasteiger partial charge on any atom is 0.260 e. The number of rotatable bonds is 6. The van der Waals surface area contributed by atoms with Crippen LogP contribution in [0.1, 0.15) is 43.7 Å². The summed E-state index contributed by atoms with van der Waals surface area (Å²) < 4.78 is 16.5. The van der Waals surface area contributed by atoms with Crippen LogP contribution >= 0.6 is 0 Å². The molecule has 2 aromatic rings. The number of aryl methyl sites for hydroxylation is 1. The van der Waals surface area contributed by atoms with E-state index < -0.39 is 0 Å². The molecule has 2 amide bonds. The third-order valence-corrected chi connectivity index (χ3v) is 6.09. The van der Waals surface area contributed by atoms with Gasteiger partial charge in [-0.05, 0) is 55.0 Å². The highest BCUT2D eigenvalue weighted by Crippen LogP contribution is 2.34. The van der Waals surface area contributed by atoms with Crippen LogP contribution in [0.3, 0.4) is 0 Å². The fourth-order valence-electron chi connectivity index (χ4n) is 3.97. The SMILES string of the molecule is Cc1ccc(C(C)C)cc1OCC(=O)N1CCC(C(=O)Nc2ccc3c(c2)OCO3)CC1. The zero-order valence-electron chi connectivity index (χ0n) is 18.8. The number of anilines is 1. The zero-order valence-corrected chi connectivity index (χ0v) is 18.8. The van der Waals surface area contributed by atoms with E-state index in [2.05, 4.69) is 25.2 Å². The van der Waals surface area contributed by atoms with E-state index in [-0.39, 0.29) is 31.1 Å². The maximum atomic E-state index is 12.7. The summed E-state index contributed by atoms with van der Waals surface area (Å²) in [7, 11) is 0. The molecule has 0 aliphatic carbocycles. The maximum absolute atomic E-state index is 12.7. The van der Waals surface area contributed by atoms with Crippen molar-refractivity contribution in [1.82, 2.24) is 4.90 Å². The molecule has 0 aromatic heterocycles. The highest BCUT2D eigenvalue weighted by molar-refractivity contribution is 5.93. The molecule has 2 aromatic carbocycles. The molecule has 0 bridgehead atoms. The molecule has 0 unspecified atom stereocenters. The van der Waals surface area contributed by atoms with E-state index in [0.29, 0.717) is 49.0 Å². The Morgan fingerprint density at radius 3 is 2.59 bits per heavy atom. The largest absolute Gasteiger partial charge is 0.483 e. The summed E-state index contributed by atoms with van der Waals surface area (Å²) in [4.78, 5) is 27.1. The minimum Gasteiger partial charge on any atom is -0.483 e. The lowest BCUT2D eigenvalue weighted by Gasteiger charge is -2.31. The van der Waals surface area contributed by atoms with Gasteiger partial charge in [0.15, 0.2) is 18.1 Å². The molecule has 1 N–H and O–H groups in total. The van der Waals surface area contributed by atoms with Crippen LogP contribution in [0.2, 0.25) is 0 Å². The van der Waals surface area contributed by atoms with Crippen LogP contribution in [0.25, 0.3) is 0 Å². The fourth-order valence-corrected chi connectivity index (χ4v) is 3.97. The minimum absolute atomic E-state index is 0.0104. The molecule has 4 rings (SSSR count). The number of ether oxygens (including phenoxy) is 3. The molecule has 0 spiro atoms. The van der Waals surface area contributed by atoms with Crippen molar-refractivity contribution in [2.45, 2.75) is 39.5 Å². The van der Waals surface area contributed by atoms with Gasteiger partial charge in [-0.3, -0.25) is 9.59 Å². The second-order valence-corrected chi connectivity index (χ2v) is 8.68. The number of carbonyl (C=O) groups is 2. The normalized spacial score (nSPS) is 15.7. The Morgan fingerprint density at radius 1 is 1.09 bits per heavy atom. The van der Waals surface area contributed by atoms with Gasteiger partial charge in [0.25, 0.3) is 5.91 Å². The van der Waals surface area contributed by atoms with Crippen molar-refractivity contribution >= 4 is 17.5 Å². The van der Waals surface area contributed by atoms with Crippen molar-refractivity contribution in [3.63, 3.8) is 0 Å². The van der Waals surface area contributed by atoms with Gasteiger partial charge in [-0.25, -0.2) is 0 Å². The van der Waals surface area contributed by atoms with Crippen LogP contribution in [0.5, 0.6) is 17.2 Å². The Kier molecular flexibility index (Phi) is 6.53. The number of nitrogens with zero attached hydrogens (tertiary/aromatic N) is 1. The standard InChI is InChI=1S/C25H30N2O5/c1-16(2)19-5-4-17(3)22(12-19)30-14-24(28)27-10-8-18(9-11-27)25(29)26-20-6-7-21-23(13-20)32-15-31-21/h4-7,12-13,16,18H,8-11,14-15H2,1-3H3,(H,26,29). The van der Waals surface area contributed by atoms with Gasteiger partial charge >= 0.3 is 0 Å². The van der Waals surface area contributed by atoms with E-state index >= 15 is 0 Å². The van der Waals surface area contributed by atoms with Crippen molar-refractivity contribution in [2.24, 2.45) is 5.92 Å². The smallest absolute Gasteiger partial charge is 0.260 e. The average molecular weight is 439 g/mol. The van der Waals surface area contributed by atoms with Gasteiger partial charge in [0.1, 0.15) is 5.75 Å². The van der Waals surface area contributed by atoms with Gasteiger partial charge in [-0.2, -0.15) is 0 Å². The molecule has 0 saturated carbocycles. The Hall–Kier alpha value is -3.22. The highest BCUT2D eigenvalue weighted by Gasteiger charge is 2.28. The summed E-state index contributed by atoms with van der Waals surface area (Å²) in [6.45, 7) is 7.55. The third kappa shape index (κ3) is 4.98. The number of nitrogens with one attached hydrogen (secondary N) is 1. The number of fused-ring (bicyclic) bond motifs is 1. The molecule has 0 atom stereocenters. The molecular weight excluding hydrogens is 408 g/mol. The van der Waals surface area contributed by atoms with E-state index in [1.54, 1.807) is 23.1 Å². The first-order valence-electron chi connectivity index (χ1n) is 11.1. The predicted molar refractivity (Wildman–Crippen MR) is 121 cm³/mol. The van der Waals surface area contributed by atoms with Crippen LogP contribution in [0.15, 0.2) is 36.4 Å². The van der Waals surface area contributed by atoms with Gasteiger partial charge < -0.3 is 24.4 Å². The number of hydrogen-bond acceptors (Lipinski definition) is 5. The monoisotopic (exact) mass is 438 g/mol. The summed E-state index contributed by atoms with van der Waals surface area (Å²) >= 11 is 0. The summed E-state index contributed by atoms with van der Waals surface area (Å²) in [5.41, 5.74) is 2.89. The summed E-state index contributed by atoms with van der Waals surface area (Å²) in [6.07, 6.45) is 1.26. The number of amides is 2. The number of likely N-dealkylation sites (tertiary alicyclic amines) is 1. The first-order chi connectivity index (χ1) is 15.4. The lowest BCUT2D eigenvalue weighted by Crippen LogP contribution is -2.43. The number of piperidine rings is 1. The van der Waals surface area contributed by atoms with Crippen molar-refractivity contribution in [2.75, 3.05) is 31.8 Å².